The molecule has 2 heterocycles. The van der Waals surface area contributed by atoms with E-state index in [9.17, 15) is 4.79 Å². The Morgan fingerprint density at radius 1 is 1.12 bits per heavy atom. The van der Waals surface area contributed by atoms with Crippen LogP contribution in [-0.4, -0.2) is 27.6 Å². The number of hydrogen-bond acceptors (Lipinski definition) is 8. The second kappa shape index (κ2) is 11.2. The van der Waals surface area contributed by atoms with E-state index in [-0.39, 0.29) is 10.8 Å². The number of carbonyl (C=O) groups excluding carboxylic acids is 1. The zero-order chi connectivity index (χ0) is 24.2. The molecule has 1 aliphatic rings. The maximum absolute atomic E-state index is 13.1. The molecule has 1 N–H and O–H groups in total. The van der Waals surface area contributed by atoms with Crippen LogP contribution in [0.1, 0.15) is 40.9 Å². The highest BCUT2D eigenvalue weighted by Gasteiger charge is 2.39. The molecular weight excluding hydrogens is 602 g/mol. The van der Waals surface area contributed by atoms with Crippen LogP contribution in [-0.2, 0) is 17.8 Å². The van der Waals surface area contributed by atoms with Gasteiger partial charge in [0, 0.05) is 4.47 Å². The van der Waals surface area contributed by atoms with Gasteiger partial charge in [0.15, 0.2) is 17.3 Å². The number of ether oxygens (including phenoxy) is 2. The van der Waals surface area contributed by atoms with E-state index in [0.717, 1.165) is 31.5 Å². The molecule has 176 valence electrons. The van der Waals surface area contributed by atoms with Crippen molar-refractivity contribution >= 4 is 71.9 Å². The number of halogens is 2. The van der Waals surface area contributed by atoms with Crippen molar-refractivity contribution in [3.63, 3.8) is 0 Å². The van der Waals surface area contributed by atoms with E-state index in [4.69, 9.17) is 14.9 Å². The molecule has 10 heteroatoms. The molecule has 1 atom stereocenters. The van der Waals surface area contributed by atoms with Gasteiger partial charge in [-0.25, -0.2) is 0 Å². The minimum absolute atomic E-state index is 0.126. The van der Waals surface area contributed by atoms with Gasteiger partial charge in [0.25, 0.3) is 0 Å². The molecule has 1 aliphatic heterocycles. The van der Waals surface area contributed by atoms with Crippen molar-refractivity contribution in [1.82, 2.24) is 10.2 Å². The van der Waals surface area contributed by atoms with Crippen LogP contribution in [0.25, 0.3) is 6.08 Å². The molecule has 0 unspecified atom stereocenters. The number of nitrogens with one attached hydrogen (secondary N) is 1. The summed E-state index contributed by atoms with van der Waals surface area (Å²) in [5, 5.41) is 18.3. The summed E-state index contributed by atoms with van der Waals surface area (Å²) in [5.74, 6) is 0.388. The highest BCUT2D eigenvalue weighted by Crippen LogP contribution is 2.43. The number of aromatic nitrogens is 2. The Labute approximate surface area is 222 Å². The lowest BCUT2D eigenvalue weighted by Gasteiger charge is -2.15. The average Bonchev–Trinajstić information content (AvgIpc) is 3.38. The van der Waals surface area contributed by atoms with Gasteiger partial charge in [-0.1, -0.05) is 46.7 Å². The number of benzene rings is 2. The molecule has 1 fully saturated rings. The largest absolute Gasteiger partial charge is 0.490 e. The number of rotatable bonds is 8. The lowest BCUT2D eigenvalue weighted by molar-refractivity contribution is -0.114. The third-order valence-electron chi connectivity index (χ3n) is 4.94. The van der Waals surface area contributed by atoms with Gasteiger partial charge >= 0.3 is 0 Å². The van der Waals surface area contributed by atoms with Gasteiger partial charge in [-0.05, 0) is 70.7 Å². The Morgan fingerprint density at radius 3 is 2.56 bits per heavy atom. The quantitative estimate of drug-likeness (QED) is 0.272. The second-order valence-corrected chi connectivity index (χ2v) is 11.3. The van der Waals surface area contributed by atoms with E-state index in [1.165, 1.54) is 23.1 Å². The van der Waals surface area contributed by atoms with Crippen LogP contribution in [0, 0.1) is 5.41 Å². The van der Waals surface area contributed by atoms with E-state index in [0.29, 0.717) is 34.6 Å². The minimum atomic E-state index is -0.669. The first kappa shape index (κ1) is 25.1. The van der Waals surface area contributed by atoms with Crippen LogP contribution in [0.2, 0.25) is 0 Å². The molecule has 1 aromatic heterocycles. The van der Waals surface area contributed by atoms with E-state index in [1.807, 2.05) is 50.2 Å². The third kappa shape index (κ3) is 5.62. The standard InChI is InChI=1S/C24H21Br2N3O3S2/c1-3-19-28-29-24(34-19)20-21(30)18(33-23(20)27)11-14-9-16(26)22(17(10-14)31-4-2)32-12-13-5-7-15(25)8-6-13/h5-11,20,27H,3-4,12H2,1-2H3/b18-11-,27-23?/t20-/m0/s1. The summed E-state index contributed by atoms with van der Waals surface area (Å²) in [6.45, 7) is 4.76. The molecule has 0 aliphatic carbocycles. The van der Waals surface area contributed by atoms with Crippen molar-refractivity contribution in [1.29, 1.82) is 5.41 Å². The van der Waals surface area contributed by atoms with Crippen molar-refractivity contribution in [2.24, 2.45) is 0 Å². The fraction of sp³-hybridized carbons (Fsp3) is 0.250. The average molecular weight is 623 g/mol. The number of aryl methyl sites for hydroxylation is 1. The predicted molar refractivity (Wildman–Crippen MR) is 144 cm³/mol. The summed E-state index contributed by atoms with van der Waals surface area (Å²) in [6, 6.07) is 11.7. The molecule has 0 spiro atoms. The molecule has 4 rings (SSSR count). The van der Waals surface area contributed by atoms with E-state index in [2.05, 4.69) is 42.1 Å². The molecule has 0 radical (unpaired) electrons. The first-order chi connectivity index (χ1) is 16.4. The number of ketones is 1. The molecule has 34 heavy (non-hydrogen) atoms. The Hall–Kier alpha value is -2.01. The number of allylic oxidation sites excluding steroid dienone is 1. The monoisotopic (exact) mass is 621 g/mol. The fourth-order valence-electron chi connectivity index (χ4n) is 3.30. The maximum Gasteiger partial charge on any atom is 0.186 e. The third-order valence-corrected chi connectivity index (χ3v) is 8.19. The van der Waals surface area contributed by atoms with Gasteiger partial charge in [0.05, 0.1) is 21.0 Å². The van der Waals surface area contributed by atoms with Crippen LogP contribution in [0.4, 0.5) is 0 Å². The smallest absolute Gasteiger partial charge is 0.186 e. The van der Waals surface area contributed by atoms with Crippen molar-refractivity contribution in [3.8, 4) is 11.5 Å². The van der Waals surface area contributed by atoms with Crippen LogP contribution >= 0.6 is 55.0 Å². The SMILES string of the molecule is CCOc1cc(/C=C2\SC(=N)[C@@H](c3nnc(CC)s3)C2=O)cc(Br)c1OCc1ccc(Br)cc1. The van der Waals surface area contributed by atoms with E-state index >= 15 is 0 Å². The molecule has 0 bridgehead atoms. The van der Waals surface area contributed by atoms with Crippen molar-refractivity contribution in [2.75, 3.05) is 6.61 Å². The van der Waals surface area contributed by atoms with Crippen LogP contribution in [0.3, 0.4) is 0 Å². The molecule has 0 saturated carbocycles. The molecule has 6 nitrogen and oxygen atoms in total. The van der Waals surface area contributed by atoms with Crippen molar-refractivity contribution in [2.45, 2.75) is 32.8 Å². The van der Waals surface area contributed by atoms with Gasteiger partial charge in [0.2, 0.25) is 0 Å². The zero-order valence-electron chi connectivity index (χ0n) is 18.4. The number of nitrogens with zero attached hydrogens (tertiary/aromatic N) is 2. The Bertz CT molecular complexity index is 1260. The summed E-state index contributed by atoms with van der Waals surface area (Å²) in [4.78, 5) is 13.6. The van der Waals surface area contributed by atoms with Gasteiger partial charge in [-0.2, -0.15) is 0 Å². The van der Waals surface area contributed by atoms with E-state index in [1.54, 1.807) is 6.08 Å². The Morgan fingerprint density at radius 2 is 1.88 bits per heavy atom. The highest BCUT2D eigenvalue weighted by molar-refractivity contribution is 9.10. The molecule has 3 aromatic rings. The lowest BCUT2D eigenvalue weighted by Crippen LogP contribution is -2.11. The lowest BCUT2D eigenvalue weighted by atomic mass is 10.0. The van der Waals surface area contributed by atoms with Crippen LogP contribution < -0.4 is 9.47 Å². The van der Waals surface area contributed by atoms with Crippen molar-refractivity contribution in [3.05, 3.63) is 71.4 Å². The number of hydrogen-bond donors (Lipinski definition) is 1. The minimum Gasteiger partial charge on any atom is -0.490 e. The van der Waals surface area contributed by atoms with Crippen molar-refractivity contribution < 1.29 is 14.3 Å². The number of carbonyl (C=O) groups is 1. The zero-order valence-corrected chi connectivity index (χ0v) is 23.2. The van der Waals surface area contributed by atoms with E-state index < -0.39 is 5.92 Å². The normalized spacial score (nSPS) is 16.9. The summed E-state index contributed by atoms with van der Waals surface area (Å²) >= 11 is 9.60. The molecule has 2 aromatic carbocycles. The first-order valence-electron chi connectivity index (χ1n) is 10.6. The van der Waals surface area contributed by atoms with Gasteiger partial charge < -0.3 is 9.47 Å². The highest BCUT2D eigenvalue weighted by atomic mass is 79.9. The first-order valence-corrected chi connectivity index (χ1v) is 13.8. The summed E-state index contributed by atoms with van der Waals surface area (Å²) in [6.07, 6.45) is 2.54. The second-order valence-electron chi connectivity index (χ2n) is 7.34. The molecule has 1 saturated heterocycles. The van der Waals surface area contributed by atoms with Gasteiger partial charge in [0.1, 0.15) is 22.5 Å². The van der Waals surface area contributed by atoms with Gasteiger partial charge in [-0.15, -0.1) is 21.5 Å². The Kier molecular flexibility index (Phi) is 8.23. The summed E-state index contributed by atoms with van der Waals surface area (Å²) in [5.41, 5.74) is 1.81. The number of Topliss-reactive ketones (excluding diaryl/α,β-unsaturated/α-hetero) is 1. The summed E-state index contributed by atoms with van der Waals surface area (Å²) in [7, 11) is 0. The fourth-order valence-corrected chi connectivity index (χ4v) is 6.09. The maximum atomic E-state index is 13.1. The topological polar surface area (TPSA) is 85.2 Å². The summed E-state index contributed by atoms with van der Waals surface area (Å²) < 4.78 is 13.6. The molecular formula is C24H21Br2N3O3S2. The van der Waals surface area contributed by atoms with Crippen LogP contribution in [0.5, 0.6) is 11.5 Å². The molecule has 0 amide bonds. The van der Waals surface area contributed by atoms with Gasteiger partial charge in [-0.3, -0.25) is 10.2 Å². The number of thioether (sulfide) groups is 1. The predicted octanol–water partition coefficient (Wildman–Crippen LogP) is 7.02. The van der Waals surface area contributed by atoms with Crippen LogP contribution in [0.15, 0.2) is 50.2 Å². The Balaban J connectivity index is 1.58.